The zero-order valence-corrected chi connectivity index (χ0v) is 12.6. The highest BCUT2D eigenvalue weighted by Crippen LogP contribution is 2.33. The summed E-state index contributed by atoms with van der Waals surface area (Å²) in [5.74, 6) is -0.666. The molecule has 6 heteroatoms. The normalized spacial score (nSPS) is 20.7. The first-order valence-corrected chi connectivity index (χ1v) is 7.40. The Hall–Kier alpha value is -2.47. The van der Waals surface area contributed by atoms with Crippen LogP contribution in [0.1, 0.15) is 34.1 Å². The minimum atomic E-state index is -0.657. The van der Waals surface area contributed by atoms with Crippen molar-refractivity contribution in [3.05, 3.63) is 69.4 Å². The van der Waals surface area contributed by atoms with Gasteiger partial charge in [-0.3, -0.25) is 9.59 Å². The molecule has 1 aromatic heterocycles. The number of aromatic nitrogens is 1. The Kier molecular flexibility index (Phi) is 4.00. The van der Waals surface area contributed by atoms with Crippen molar-refractivity contribution in [1.82, 2.24) is 9.88 Å². The first-order chi connectivity index (χ1) is 11.0. The highest BCUT2D eigenvalue weighted by molar-refractivity contribution is 5.95. The molecule has 2 unspecified atom stereocenters. The van der Waals surface area contributed by atoms with Crippen LogP contribution in [-0.4, -0.2) is 33.5 Å². The minimum absolute atomic E-state index is 0.179. The molecule has 5 nitrogen and oxygen atoms in total. The number of nitrogens with one attached hydrogen (secondary N) is 1. The van der Waals surface area contributed by atoms with Crippen LogP contribution in [0.3, 0.4) is 0 Å². The van der Waals surface area contributed by atoms with Crippen LogP contribution in [0, 0.1) is 12.7 Å². The molecule has 0 spiro atoms. The number of hydrogen-bond acceptors (Lipinski definition) is 3. The van der Waals surface area contributed by atoms with Crippen molar-refractivity contribution in [2.75, 3.05) is 6.54 Å². The summed E-state index contributed by atoms with van der Waals surface area (Å²) in [4.78, 5) is 28.2. The number of pyridine rings is 1. The number of aryl methyl sites for hydroxylation is 1. The predicted molar refractivity (Wildman–Crippen MR) is 82.6 cm³/mol. The smallest absolute Gasteiger partial charge is 0.256 e. The van der Waals surface area contributed by atoms with Gasteiger partial charge in [0.1, 0.15) is 5.82 Å². The Labute approximate surface area is 132 Å². The summed E-state index contributed by atoms with van der Waals surface area (Å²) in [6, 6.07) is 8.43. The number of halogens is 1. The lowest BCUT2D eigenvalue weighted by molar-refractivity contribution is 0.0714. The maximum atomic E-state index is 13.5. The molecule has 1 aliphatic heterocycles. The van der Waals surface area contributed by atoms with E-state index in [0.29, 0.717) is 23.2 Å². The van der Waals surface area contributed by atoms with E-state index >= 15 is 0 Å². The molecule has 3 rings (SSSR count). The third kappa shape index (κ3) is 3.03. The number of likely N-dealkylation sites (tertiary alicyclic amines) is 1. The van der Waals surface area contributed by atoms with Gasteiger partial charge in [0.2, 0.25) is 5.56 Å². The molecule has 1 saturated heterocycles. The molecule has 2 aromatic rings. The summed E-state index contributed by atoms with van der Waals surface area (Å²) in [6.45, 7) is 1.83. The second-order valence-corrected chi connectivity index (χ2v) is 5.78. The van der Waals surface area contributed by atoms with Crippen molar-refractivity contribution in [3.63, 3.8) is 0 Å². The second-order valence-electron chi connectivity index (χ2n) is 5.78. The summed E-state index contributed by atoms with van der Waals surface area (Å²) in [6.07, 6.45) is -0.298. The van der Waals surface area contributed by atoms with Crippen LogP contribution in [0.5, 0.6) is 0 Å². The van der Waals surface area contributed by atoms with Crippen LogP contribution < -0.4 is 5.56 Å². The summed E-state index contributed by atoms with van der Waals surface area (Å²) in [5, 5.41) is 9.96. The fraction of sp³-hybridized carbons (Fsp3) is 0.294. The van der Waals surface area contributed by atoms with E-state index in [-0.39, 0.29) is 29.9 Å². The van der Waals surface area contributed by atoms with E-state index in [2.05, 4.69) is 4.98 Å². The number of carbonyl (C=O) groups excluding carboxylic acids is 1. The standard InChI is InChI=1S/C17H17FN2O3/c1-10-14(5-6-16(22)19-10)17(23)20-9-13(21)8-15(20)11-3-2-4-12(18)7-11/h2-7,13,15,21H,8-9H2,1H3,(H,19,22). The van der Waals surface area contributed by atoms with Crippen LogP contribution in [0.4, 0.5) is 4.39 Å². The molecule has 0 saturated carbocycles. The molecule has 2 atom stereocenters. The molecule has 0 bridgehead atoms. The maximum Gasteiger partial charge on any atom is 0.256 e. The van der Waals surface area contributed by atoms with E-state index < -0.39 is 6.10 Å². The van der Waals surface area contributed by atoms with Crippen molar-refractivity contribution in [3.8, 4) is 0 Å². The Morgan fingerprint density at radius 2 is 2.13 bits per heavy atom. The number of hydrogen-bond donors (Lipinski definition) is 2. The van der Waals surface area contributed by atoms with E-state index in [1.54, 1.807) is 19.1 Å². The molecule has 0 aliphatic carbocycles. The van der Waals surface area contributed by atoms with E-state index in [1.165, 1.54) is 29.2 Å². The number of aliphatic hydroxyl groups excluding tert-OH is 1. The summed E-state index contributed by atoms with van der Waals surface area (Å²) in [7, 11) is 0. The lowest BCUT2D eigenvalue weighted by atomic mass is 10.0. The Balaban J connectivity index is 1.96. The molecule has 2 N–H and O–H groups in total. The van der Waals surface area contributed by atoms with Gasteiger partial charge in [-0.25, -0.2) is 4.39 Å². The highest BCUT2D eigenvalue weighted by Gasteiger charge is 2.36. The number of β-amino-alcohol motifs (C(OH)–C–C–N with tert-alkyl or cyclic N) is 1. The molecule has 1 fully saturated rings. The zero-order valence-electron chi connectivity index (χ0n) is 12.6. The van der Waals surface area contributed by atoms with Crippen molar-refractivity contribution in [1.29, 1.82) is 0 Å². The Morgan fingerprint density at radius 3 is 2.83 bits per heavy atom. The van der Waals surface area contributed by atoms with Crippen molar-refractivity contribution >= 4 is 5.91 Å². The third-order valence-electron chi connectivity index (χ3n) is 4.12. The van der Waals surface area contributed by atoms with Gasteiger partial charge < -0.3 is 15.0 Å². The number of amides is 1. The van der Waals surface area contributed by atoms with Gasteiger partial charge in [0.15, 0.2) is 0 Å². The molecule has 1 aliphatic rings. The van der Waals surface area contributed by atoms with Crippen LogP contribution in [-0.2, 0) is 0 Å². The van der Waals surface area contributed by atoms with E-state index in [4.69, 9.17) is 0 Å². The van der Waals surface area contributed by atoms with Crippen molar-refractivity contribution in [2.45, 2.75) is 25.5 Å². The van der Waals surface area contributed by atoms with Crippen molar-refractivity contribution in [2.24, 2.45) is 0 Å². The first kappa shape index (κ1) is 15.4. The zero-order chi connectivity index (χ0) is 16.6. The van der Waals surface area contributed by atoms with Gasteiger partial charge in [0, 0.05) is 18.3 Å². The molecular formula is C17H17FN2O3. The average molecular weight is 316 g/mol. The third-order valence-corrected chi connectivity index (χ3v) is 4.12. The highest BCUT2D eigenvalue weighted by atomic mass is 19.1. The molecule has 23 heavy (non-hydrogen) atoms. The molecular weight excluding hydrogens is 299 g/mol. The van der Waals surface area contributed by atoms with Crippen LogP contribution in [0.2, 0.25) is 0 Å². The predicted octanol–water partition coefficient (Wildman–Crippen LogP) is 1.77. The number of nitrogens with zero attached hydrogens (tertiary/aromatic N) is 1. The van der Waals surface area contributed by atoms with Crippen molar-refractivity contribution < 1.29 is 14.3 Å². The van der Waals surface area contributed by atoms with Gasteiger partial charge >= 0.3 is 0 Å². The first-order valence-electron chi connectivity index (χ1n) is 7.40. The fourth-order valence-corrected chi connectivity index (χ4v) is 3.03. The Morgan fingerprint density at radius 1 is 1.35 bits per heavy atom. The van der Waals surface area contributed by atoms with Gasteiger partial charge in [-0.1, -0.05) is 12.1 Å². The molecule has 1 aromatic carbocycles. The largest absolute Gasteiger partial charge is 0.391 e. The second kappa shape index (κ2) is 5.96. The van der Waals surface area contributed by atoms with Gasteiger partial charge in [-0.2, -0.15) is 0 Å². The number of H-pyrrole nitrogens is 1. The Bertz CT molecular complexity index is 802. The van der Waals surface area contributed by atoms with Crippen LogP contribution >= 0.6 is 0 Å². The number of aromatic amines is 1. The van der Waals surface area contributed by atoms with Gasteiger partial charge in [-0.15, -0.1) is 0 Å². The SMILES string of the molecule is Cc1[nH]c(=O)ccc1C(=O)N1CC(O)CC1c1cccc(F)c1. The maximum absolute atomic E-state index is 13.5. The topological polar surface area (TPSA) is 73.4 Å². The number of aliphatic hydroxyl groups is 1. The number of carbonyl (C=O) groups is 1. The number of rotatable bonds is 2. The molecule has 0 radical (unpaired) electrons. The van der Waals surface area contributed by atoms with Gasteiger partial charge in [-0.05, 0) is 37.1 Å². The summed E-state index contributed by atoms with van der Waals surface area (Å²) in [5.41, 5.74) is 1.22. The lowest BCUT2D eigenvalue weighted by Crippen LogP contribution is -2.33. The molecule has 2 heterocycles. The van der Waals surface area contributed by atoms with Gasteiger partial charge in [0.25, 0.3) is 5.91 Å². The number of benzene rings is 1. The summed E-state index contributed by atoms with van der Waals surface area (Å²) >= 11 is 0. The van der Waals surface area contributed by atoms with E-state index in [9.17, 15) is 19.1 Å². The quantitative estimate of drug-likeness (QED) is 0.887. The molecule has 1 amide bonds. The monoisotopic (exact) mass is 316 g/mol. The molecule has 120 valence electrons. The average Bonchev–Trinajstić information content (AvgIpc) is 2.89. The van der Waals surface area contributed by atoms with Gasteiger partial charge in [0.05, 0.1) is 17.7 Å². The summed E-state index contributed by atoms with van der Waals surface area (Å²) < 4.78 is 13.5. The van der Waals surface area contributed by atoms with Crippen LogP contribution in [0.15, 0.2) is 41.2 Å². The lowest BCUT2D eigenvalue weighted by Gasteiger charge is -2.25. The minimum Gasteiger partial charge on any atom is -0.391 e. The van der Waals surface area contributed by atoms with Crippen LogP contribution in [0.25, 0.3) is 0 Å². The fourth-order valence-electron chi connectivity index (χ4n) is 3.03. The van der Waals surface area contributed by atoms with E-state index in [1.807, 2.05) is 0 Å². The van der Waals surface area contributed by atoms with E-state index in [0.717, 1.165) is 0 Å².